The summed E-state index contributed by atoms with van der Waals surface area (Å²) in [6, 6.07) is 0.125. The summed E-state index contributed by atoms with van der Waals surface area (Å²) >= 11 is 4.88. The molecule has 0 bridgehead atoms. The molecule has 2 aliphatic rings. The Labute approximate surface area is 109 Å². The van der Waals surface area contributed by atoms with Gasteiger partial charge >= 0.3 is 0 Å². The zero-order valence-electron chi connectivity index (χ0n) is 9.97. The minimum atomic E-state index is -3.17. The Balaban J connectivity index is 2.09. The van der Waals surface area contributed by atoms with Gasteiger partial charge in [-0.3, -0.25) is 0 Å². The molecule has 0 aromatic rings. The molecule has 0 aromatic carbocycles. The maximum Gasteiger partial charge on any atom is 0.215 e. The smallest absolute Gasteiger partial charge is 0.215 e. The van der Waals surface area contributed by atoms with Gasteiger partial charge in [0.1, 0.15) is 0 Å². The van der Waals surface area contributed by atoms with Gasteiger partial charge in [-0.05, 0) is 31.6 Å². The Morgan fingerprint density at radius 3 is 2.29 bits per heavy atom. The van der Waals surface area contributed by atoms with Crippen LogP contribution in [0.2, 0.25) is 0 Å². The van der Waals surface area contributed by atoms with Gasteiger partial charge in [0.15, 0.2) is 0 Å². The molecule has 0 spiro atoms. The van der Waals surface area contributed by atoms with E-state index >= 15 is 0 Å². The van der Waals surface area contributed by atoms with E-state index in [0.29, 0.717) is 5.92 Å². The van der Waals surface area contributed by atoms with Crippen molar-refractivity contribution in [2.75, 3.05) is 12.3 Å². The molecular weight excluding hydrogens is 256 g/mol. The fraction of sp³-hybridized carbons (Fsp3) is 0.909. The Morgan fingerprint density at radius 2 is 1.82 bits per heavy atom. The van der Waals surface area contributed by atoms with Crippen molar-refractivity contribution >= 4 is 27.2 Å². The lowest BCUT2D eigenvalue weighted by Crippen LogP contribution is -2.44. The second kappa shape index (κ2) is 5.20. The van der Waals surface area contributed by atoms with Crippen LogP contribution in [0.15, 0.2) is 0 Å². The molecule has 0 atom stereocenters. The van der Waals surface area contributed by atoms with Gasteiger partial charge in [-0.2, -0.15) is 4.31 Å². The summed E-state index contributed by atoms with van der Waals surface area (Å²) in [5, 5.41) is 0. The maximum absolute atomic E-state index is 12.3. The highest BCUT2D eigenvalue weighted by molar-refractivity contribution is 7.89. The molecule has 0 saturated heterocycles. The lowest BCUT2D eigenvalue weighted by molar-refractivity contribution is 0.354. The average molecular weight is 276 g/mol. The second-order valence-corrected chi connectivity index (χ2v) is 7.66. The van der Waals surface area contributed by atoms with Crippen molar-refractivity contribution in [1.82, 2.24) is 4.31 Å². The van der Waals surface area contributed by atoms with E-state index in [1.54, 1.807) is 4.31 Å². The van der Waals surface area contributed by atoms with E-state index in [4.69, 9.17) is 18.0 Å². The Hall–Kier alpha value is -0.200. The van der Waals surface area contributed by atoms with Crippen LogP contribution in [0.5, 0.6) is 0 Å². The van der Waals surface area contributed by atoms with Crippen molar-refractivity contribution in [3.63, 3.8) is 0 Å². The quantitative estimate of drug-likeness (QED) is 0.742. The highest BCUT2D eigenvalue weighted by Crippen LogP contribution is 2.33. The van der Waals surface area contributed by atoms with Crippen molar-refractivity contribution in [3.05, 3.63) is 0 Å². The van der Waals surface area contributed by atoms with E-state index in [0.717, 1.165) is 38.5 Å². The number of hydrogen-bond donors (Lipinski definition) is 1. The number of nitrogens with zero attached hydrogens (tertiary/aromatic N) is 1. The van der Waals surface area contributed by atoms with Crippen LogP contribution in [0.25, 0.3) is 0 Å². The van der Waals surface area contributed by atoms with Crippen molar-refractivity contribution in [1.29, 1.82) is 0 Å². The lowest BCUT2D eigenvalue weighted by Gasteiger charge is -2.27. The number of sulfonamides is 1. The van der Waals surface area contributed by atoms with Crippen LogP contribution in [0.3, 0.4) is 0 Å². The van der Waals surface area contributed by atoms with E-state index in [1.165, 1.54) is 0 Å². The van der Waals surface area contributed by atoms with Gasteiger partial charge in [-0.1, -0.05) is 25.1 Å². The zero-order chi connectivity index (χ0) is 12.5. The van der Waals surface area contributed by atoms with Gasteiger partial charge in [0.2, 0.25) is 10.0 Å². The molecule has 0 radical (unpaired) electrons. The molecule has 0 unspecified atom stereocenters. The summed E-state index contributed by atoms with van der Waals surface area (Å²) in [5.74, 6) is 0.654. The van der Waals surface area contributed by atoms with Crippen LogP contribution in [-0.2, 0) is 10.0 Å². The van der Waals surface area contributed by atoms with E-state index in [9.17, 15) is 8.42 Å². The summed E-state index contributed by atoms with van der Waals surface area (Å²) in [6.45, 7) is 0.217. The molecule has 2 N–H and O–H groups in total. The summed E-state index contributed by atoms with van der Waals surface area (Å²) in [7, 11) is -3.17. The molecule has 2 rings (SSSR count). The van der Waals surface area contributed by atoms with Crippen LogP contribution in [0, 0.1) is 5.92 Å². The van der Waals surface area contributed by atoms with Crippen LogP contribution in [0.4, 0.5) is 0 Å². The minimum absolute atomic E-state index is 0.125. The van der Waals surface area contributed by atoms with E-state index < -0.39 is 10.0 Å². The summed E-state index contributed by atoms with van der Waals surface area (Å²) in [6.07, 6.45) is 6.21. The highest BCUT2D eigenvalue weighted by Gasteiger charge is 2.36. The zero-order valence-corrected chi connectivity index (χ0v) is 11.6. The molecule has 0 heterocycles. The Bertz CT molecular complexity index is 384. The summed E-state index contributed by atoms with van der Waals surface area (Å²) < 4.78 is 26.2. The van der Waals surface area contributed by atoms with E-state index in [2.05, 4.69) is 0 Å². The van der Waals surface area contributed by atoms with Crippen LogP contribution in [-0.4, -0.2) is 36.1 Å². The Morgan fingerprint density at radius 1 is 1.24 bits per heavy atom. The van der Waals surface area contributed by atoms with Crippen molar-refractivity contribution in [2.24, 2.45) is 11.7 Å². The molecule has 2 aliphatic carbocycles. The van der Waals surface area contributed by atoms with Crippen molar-refractivity contribution < 1.29 is 8.42 Å². The lowest BCUT2D eigenvalue weighted by atomic mass is 10.2. The molecular formula is C11H20N2O2S2. The topological polar surface area (TPSA) is 63.4 Å². The SMILES string of the molecule is NC(=S)CN(C1CCCC1)S(=O)(=O)CC1CC1. The number of nitrogens with two attached hydrogens (primary N) is 1. The predicted octanol–water partition coefficient (Wildman–Crippen LogP) is 1.26. The summed E-state index contributed by atoms with van der Waals surface area (Å²) in [4.78, 5) is 0.274. The monoisotopic (exact) mass is 276 g/mol. The normalized spacial score (nSPS) is 22.2. The van der Waals surface area contributed by atoms with Crippen LogP contribution < -0.4 is 5.73 Å². The van der Waals surface area contributed by atoms with Crippen molar-refractivity contribution in [2.45, 2.75) is 44.6 Å². The van der Waals surface area contributed by atoms with E-state index in [-0.39, 0.29) is 23.3 Å². The van der Waals surface area contributed by atoms with Gasteiger partial charge in [-0.25, -0.2) is 8.42 Å². The molecule has 0 aliphatic heterocycles. The largest absolute Gasteiger partial charge is 0.392 e. The molecule has 0 amide bonds. The van der Waals surface area contributed by atoms with Gasteiger partial charge in [0.25, 0.3) is 0 Å². The maximum atomic E-state index is 12.3. The van der Waals surface area contributed by atoms with Gasteiger partial charge in [-0.15, -0.1) is 0 Å². The first-order valence-electron chi connectivity index (χ1n) is 6.27. The Kier molecular flexibility index (Phi) is 4.05. The third-order valence-electron chi connectivity index (χ3n) is 3.54. The molecule has 98 valence electrons. The number of thiocarbonyl (C=S) groups is 1. The molecule has 2 fully saturated rings. The third kappa shape index (κ3) is 3.63. The third-order valence-corrected chi connectivity index (χ3v) is 5.71. The average Bonchev–Trinajstić information content (AvgIpc) is 2.86. The highest BCUT2D eigenvalue weighted by atomic mass is 32.2. The molecule has 6 heteroatoms. The van der Waals surface area contributed by atoms with Gasteiger partial charge in [0, 0.05) is 6.04 Å². The predicted molar refractivity (Wildman–Crippen MR) is 72.3 cm³/mol. The first-order chi connectivity index (χ1) is 7.99. The van der Waals surface area contributed by atoms with Gasteiger partial charge < -0.3 is 5.73 Å². The molecule has 0 aromatic heterocycles. The first kappa shape index (κ1) is 13.2. The van der Waals surface area contributed by atoms with Crippen LogP contribution >= 0.6 is 12.2 Å². The molecule has 4 nitrogen and oxygen atoms in total. The number of hydrogen-bond acceptors (Lipinski definition) is 3. The fourth-order valence-corrected chi connectivity index (χ4v) is 4.82. The standard InChI is InChI=1S/C11H20N2O2S2/c12-11(16)7-13(10-3-1-2-4-10)17(14,15)8-9-5-6-9/h9-10H,1-8H2,(H2,12,16). The second-order valence-electron chi connectivity index (χ2n) is 5.17. The molecule has 2 saturated carbocycles. The number of rotatable bonds is 6. The van der Waals surface area contributed by atoms with Gasteiger partial charge in [0.05, 0.1) is 17.3 Å². The summed E-state index contributed by atoms with van der Waals surface area (Å²) in [5.41, 5.74) is 5.53. The molecule has 17 heavy (non-hydrogen) atoms. The minimum Gasteiger partial charge on any atom is -0.392 e. The van der Waals surface area contributed by atoms with E-state index in [1.807, 2.05) is 0 Å². The van der Waals surface area contributed by atoms with Crippen molar-refractivity contribution in [3.8, 4) is 0 Å². The van der Waals surface area contributed by atoms with Crippen LogP contribution in [0.1, 0.15) is 38.5 Å². The fourth-order valence-electron chi connectivity index (χ4n) is 2.48. The first-order valence-corrected chi connectivity index (χ1v) is 8.28.